The quantitative estimate of drug-likeness (QED) is 0.720. The molecule has 6 heteroatoms. The molecule has 0 atom stereocenters. The zero-order valence-electron chi connectivity index (χ0n) is 8.40. The zero-order chi connectivity index (χ0) is 10.8. The Morgan fingerprint density at radius 1 is 1.44 bits per heavy atom. The van der Waals surface area contributed by atoms with Crippen molar-refractivity contribution in [2.45, 2.75) is 0 Å². The molecule has 0 saturated heterocycles. The van der Waals surface area contributed by atoms with Crippen LogP contribution in [0.15, 0.2) is 28.8 Å². The van der Waals surface area contributed by atoms with Gasteiger partial charge in [-0.1, -0.05) is 18.2 Å². The van der Waals surface area contributed by atoms with E-state index in [2.05, 4.69) is 15.9 Å². The van der Waals surface area contributed by atoms with Gasteiger partial charge in [0, 0.05) is 0 Å². The SMILES string of the molecule is O=C(O)c1[c-]noc1-c1ccccc1F.[Rb+]. The van der Waals surface area contributed by atoms with Gasteiger partial charge in [0.2, 0.25) is 5.97 Å². The Morgan fingerprint density at radius 2 is 2.12 bits per heavy atom. The first-order chi connectivity index (χ1) is 7.20. The summed E-state index contributed by atoms with van der Waals surface area (Å²) >= 11 is 0. The number of aromatic nitrogens is 1. The number of carboxylic acids is 1. The molecule has 2 aromatic rings. The van der Waals surface area contributed by atoms with Gasteiger partial charge in [-0.2, -0.15) is 5.16 Å². The van der Waals surface area contributed by atoms with Crippen LogP contribution in [0.2, 0.25) is 0 Å². The molecule has 1 aromatic heterocycles. The summed E-state index contributed by atoms with van der Waals surface area (Å²) in [6.45, 7) is 0. The van der Waals surface area contributed by atoms with Gasteiger partial charge in [0.25, 0.3) is 0 Å². The summed E-state index contributed by atoms with van der Waals surface area (Å²) in [7, 11) is 0. The monoisotopic (exact) mass is 291 g/mol. The van der Waals surface area contributed by atoms with E-state index in [0.29, 0.717) is 0 Å². The average Bonchev–Trinajstić information content (AvgIpc) is 2.67. The van der Waals surface area contributed by atoms with Gasteiger partial charge >= 0.3 is 58.2 Å². The molecule has 16 heavy (non-hydrogen) atoms. The molecule has 0 bridgehead atoms. The maximum absolute atomic E-state index is 13.3. The minimum Gasteiger partial charge on any atom is -0.535 e. The van der Waals surface area contributed by atoms with Gasteiger partial charge in [-0.15, -0.1) is 0 Å². The minimum absolute atomic E-state index is 0. The number of carbonyl (C=O) groups is 1. The van der Waals surface area contributed by atoms with Crippen molar-refractivity contribution in [1.29, 1.82) is 0 Å². The van der Waals surface area contributed by atoms with E-state index in [1.807, 2.05) is 0 Å². The largest absolute Gasteiger partial charge is 1.00 e. The fraction of sp³-hybridized carbons (Fsp3) is 0. The maximum Gasteiger partial charge on any atom is 1.00 e. The Hall–Kier alpha value is -0.365. The van der Waals surface area contributed by atoms with E-state index >= 15 is 0 Å². The van der Waals surface area contributed by atoms with Crippen molar-refractivity contribution < 1.29 is 77.0 Å². The summed E-state index contributed by atoms with van der Waals surface area (Å²) < 4.78 is 18.0. The van der Waals surface area contributed by atoms with Gasteiger partial charge in [0.1, 0.15) is 5.82 Å². The van der Waals surface area contributed by atoms with Gasteiger partial charge in [0.15, 0.2) is 0 Å². The van der Waals surface area contributed by atoms with Crippen LogP contribution in [0, 0.1) is 12.0 Å². The third-order valence-corrected chi connectivity index (χ3v) is 1.85. The van der Waals surface area contributed by atoms with Crippen LogP contribution in [0.3, 0.4) is 0 Å². The molecule has 0 radical (unpaired) electrons. The van der Waals surface area contributed by atoms with E-state index in [9.17, 15) is 9.18 Å². The molecule has 76 valence electrons. The molecule has 0 aliphatic carbocycles. The maximum atomic E-state index is 13.3. The second kappa shape index (κ2) is 5.81. The first kappa shape index (κ1) is 13.7. The van der Waals surface area contributed by atoms with Crippen LogP contribution in [0.5, 0.6) is 0 Å². The van der Waals surface area contributed by atoms with E-state index in [0.717, 1.165) is 0 Å². The first-order valence-electron chi connectivity index (χ1n) is 4.05. The second-order valence-electron chi connectivity index (χ2n) is 2.78. The molecule has 1 heterocycles. The number of halogens is 1. The summed E-state index contributed by atoms with van der Waals surface area (Å²) in [5.41, 5.74) is -0.219. The van der Waals surface area contributed by atoms with Gasteiger partial charge in [-0.25, -0.2) is 4.39 Å². The van der Waals surface area contributed by atoms with Crippen molar-refractivity contribution in [2.24, 2.45) is 0 Å². The molecular formula is C10H5FNO3Rb. The number of aromatic carboxylic acids is 1. The molecule has 0 unspecified atom stereocenters. The molecular weight excluding hydrogens is 287 g/mol. The number of rotatable bonds is 2. The Labute approximate surface area is 139 Å². The van der Waals surface area contributed by atoms with E-state index < -0.39 is 11.8 Å². The van der Waals surface area contributed by atoms with Crippen molar-refractivity contribution in [3.05, 3.63) is 41.8 Å². The Morgan fingerprint density at radius 3 is 2.75 bits per heavy atom. The molecule has 1 aromatic carbocycles. The van der Waals surface area contributed by atoms with Crippen molar-refractivity contribution in [2.75, 3.05) is 0 Å². The Balaban J connectivity index is 0.00000128. The molecule has 1 N–H and O–H groups in total. The van der Waals surface area contributed by atoms with Crippen LogP contribution in [-0.2, 0) is 0 Å². The van der Waals surface area contributed by atoms with Crippen LogP contribution >= 0.6 is 0 Å². The van der Waals surface area contributed by atoms with Gasteiger partial charge in [0.05, 0.1) is 5.76 Å². The summed E-state index contributed by atoms with van der Waals surface area (Å²) in [5, 5.41) is 12.0. The Kier molecular flexibility index (Phi) is 4.98. The first-order valence-corrected chi connectivity index (χ1v) is 4.05. The van der Waals surface area contributed by atoms with Crippen molar-refractivity contribution >= 4 is 5.97 Å². The molecule has 0 spiro atoms. The topological polar surface area (TPSA) is 63.3 Å². The average molecular weight is 292 g/mol. The molecule has 4 nitrogen and oxygen atoms in total. The number of hydrogen-bond acceptors (Lipinski definition) is 3. The van der Waals surface area contributed by atoms with E-state index in [1.165, 1.54) is 18.2 Å². The zero-order valence-corrected chi connectivity index (χ0v) is 13.3. The summed E-state index contributed by atoms with van der Waals surface area (Å²) in [4.78, 5) is 10.7. The van der Waals surface area contributed by atoms with E-state index in [-0.39, 0.29) is 75.1 Å². The number of nitrogens with zero attached hydrogens (tertiary/aromatic N) is 1. The fourth-order valence-electron chi connectivity index (χ4n) is 1.18. The van der Waals surface area contributed by atoms with Gasteiger partial charge in [-0.3, -0.25) is 0 Å². The van der Waals surface area contributed by atoms with Crippen LogP contribution in [-0.4, -0.2) is 16.2 Å². The van der Waals surface area contributed by atoms with Gasteiger partial charge in [-0.05, 0) is 23.4 Å². The molecule has 2 rings (SSSR count). The van der Waals surface area contributed by atoms with Crippen LogP contribution < -0.4 is 58.2 Å². The number of carboxylic acid groups (broad SMARTS) is 1. The van der Waals surface area contributed by atoms with E-state index in [1.54, 1.807) is 6.07 Å². The molecule has 0 aliphatic heterocycles. The predicted octanol–water partition coefficient (Wildman–Crippen LogP) is -1.02. The molecule has 0 saturated carbocycles. The van der Waals surface area contributed by atoms with E-state index in [4.69, 9.17) is 5.11 Å². The summed E-state index contributed by atoms with van der Waals surface area (Å²) in [6, 6.07) is 5.70. The second-order valence-corrected chi connectivity index (χ2v) is 2.78. The third kappa shape index (κ3) is 2.65. The molecule has 0 aliphatic rings. The smallest absolute Gasteiger partial charge is 0.535 e. The van der Waals surface area contributed by atoms with Crippen molar-refractivity contribution in [3.63, 3.8) is 0 Å². The van der Waals surface area contributed by atoms with Crippen molar-refractivity contribution in [1.82, 2.24) is 5.16 Å². The van der Waals surface area contributed by atoms with Crippen LogP contribution in [0.25, 0.3) is 11.3 Å². The predicted molar refractivity (Wildman–Crippen MR) is 47.7 cm³/mol. The van der Waals surface area contributed by atoms with Crippen LogP contribution in [0.1, 0.15) is 10.4 Å². The van der Waals surface area contributed by atoms with Crippen LogP contribution in [0.4, 0.5) is 4.39 Å². The third-order valence-electron chi connectivity index (χ3n) is 1.85. The summed E-state index contributed by atoms with van der Waals surface area (Å²) in [6.07, 6.45) is 2.15. The summed E-state index contributed by atoms with van der Waals surface area (Å²) in [5.74, 6) is -1.94. The Bertz CT molecular complexity index is 512. The number of hydrogen-bond donors (Lipinski definition) is 1. The molecule has 0 fully saturated rings. The minimum atomic E-state index is -1.26. The number of benzene rings is 1. The van der Waals surface area contributed by atoms with Gasteiger partial charge < -0.3 is 14.4 Å². The standard InChI is InChI=1S/C10H5FNO3.Rb/c11-8-4-2-1-3-6(8)9-7(10(13)14)5-12-15-9;/h1-4H,(H,13,14);/q-1;+1. The normalized spacial score (nSPS) is 9.56. The van der Waals surface area contributed by atoms with Crippen molar-refractivity contribution in [3.8, 4) is 11.3 Å². The molecule has 0 amide bonds. The fourth-order valence-corrected chi connectivity index (χ4v) is 1.18.